The molecule has 0 unspecified atom stereocenters. The quantitative estimate of drug-likeness (QED) is 0.682. The lowest BCUT2D eigenvalue weighted by Gasteiger charge is -2.33. The number of hydrogen-bond acceptors (Lipinski definition) is 3. The van der Waals surface area contributed by atoms with Crippen LogP contribution in [0.2, 0.25) is 19.6 Å². The second-order valence-corrected chi connectivity index (χ2v) is 9.15. The fourth-order valence-corrected chi connectivity index (χ4v) is 1.75. The number of imide groups is 1. The third kappa shape index (κ3) is 3.31. The number of urea groups is 1. The SMILES string of the molecule is CN1C(=O)CCN(CO[Si](C)(C)C)C1=O. The maximum atomic E-state index is 11.6. The van der Waals surface area contributed by atoms with Gasteiger partial charge in [0.05, 0.1) is 0 Å². The van der Waals surface area contributed by atoms with Gasteiger partial charge in [-0.15, -0.1) is 0 Å². The van der Waals surface area contributed by atoms with Crippen molar-refractivity contribution in [2.24, 2.45) is 0 Å². The minimum Gasteiger partial charge on any atom is -0.400 e. The monoisotopic (exact) mass is 230 g/mol. The van der Waals surface area contributed by atoms with Crippen LogP contribution in [0.25, 0.3) is 0 Å². The van der Waals surface area contributed by atoms with Crippen molar-refractivity contribution in [2.45, 2.75) is 26.1 Å². The first-order valence-electron chi connectivity index (χ1n) is 5.01. The van der Waals surface area contributed by atoms with E-state index >= 15 is 0 Å². The molecule has 0 aromatic heterocycles. The normalized spacial score (nSPS) is 18.7. The summed E-state index contributed by atoms with van der Waals surface area (Å²) < 4.78 is 5.63. The molecule has 1 rings (SSSR count). The second-order valence-electron chi connectivity index (χ2n) is 4.63. The molecule has 0 atom stereocenters. The maximum Gasteiger partial charge on any atom is 0.328 e. The molecule has 5 nitrogen and oxygen atoms in total. The highest BCUT2D eigenvalue weighted by atomic mass is 28.4. The summed E-state index contributed by atoms with van der Waals surface area (Å²) in [5.74, 6) is -0.121. The number of hydrogen-bond donors (Lipinski definition) is 0. The van der Waals surface area contributed by atoms with Gasteiger partial charge < -0.3 is 9.33 Å². The van der Waals surface area contributed by atoms with Crippen LogP contribution in [0.1, 0.15) is 6.42 Å². The summed E-state index contributed by atoms with van der Waals surface area (Å²) >= 11 is 0. The molecule has 1 heterocycles. The zero-order chi connectivity index (χ0) is 11.6. The number of carbonyl (C=O) groups excluding carboxylic acids is 2. The molecular weight excluding hydrogens is 212 g/mol. The van der Waals surface area contributed by atoms with E-state index in [9.17, 15) is 9.59 Å². The number of rotatable bonds is 3. The van der Waals surface area contributed by atoms with Gasteiger partial charge in [0.2, 0.25) is 5.91 Å². The minimum atomic E-state index is -1.61. The summed E-state index contributed by atoms with van der Waals surface area (Å²) in [7, 11) is -0.102. The molecule has 1 saturated heterocycles. The highest BCUT2D eigenvalue weighted by Gasteiger charge is 2.29. The first kappa shape index (κ1) is 12.2. The second kappa shape index (κ2) is 4.32. The molecule has 3 amide bonds. The molecule has 0 radical (unpaired) electrons. The standard InChI is InChI=1S/C9H18N2O3Si/c1-10-8(12)5-6-11(9(10)13)7-14-15(2,3)4/h5-7H2,1-4H3. The number of nitrogens with zero attached hydrogens (tertiary/aromatic N) is 2. The van der Waals surface area contributed by atoms with Gasteiger partial charge in [-0.2, -0.15) is 0 Å². The molecule has 0 saturated carbocycles. The van der Waals surface area contributed by atoms with Crippen LogP contribution >= 0.6 is 0 Å². The van der Waals surface area contributed by atoms with E-state index in [1.807, 2.05) is 0 Å². The van der Waals surface area contributed by atoms with Gasteiger partial charge in [-0.3, -0.25) is 9.69 Å². The molecular formula is C9H18N2O3Si. The fourth-order valence-electron chi connectivity index (χ4n) is 1.20. The third-order valence-corrected chi connectivity index (χ3v) is 3.18. The van der Waals surface area contributed by atoms with Gasteiger partial charge in [0.1, 0.15) is 6.73 Å². The van der Waals surface area contributed by atoms with E-state index in [2.05, 4.69) is 19.6 Å². The zero-order valence-corrected chi connectivity index (χ0v) is 10.7. The van der Waals surface area contributed by atoms with E-state index in [0.29, 0.717) is 19.7 Å². The molecule has 0 N–H and O–H groups in total. The van der Waals surface area contributed by atoms with Gasteiger partial charge >= 0.3 is 6.03 Å². The van der Waals surface area contributed by atoms with Gasteiger partial charge in [0.15, 0.2) is 8.32 Å². The van der Waals surface area contributed by atoms with Gasteiger partial charge in [0, 0.05) is 20.0 Å². The average molecular weight is 230 g/mol. The summed E-state index contributed by atoms with van der Waals surface area (Å²) in [5.41, 5.74) is 0. The molecule has 0 aromatic carbocycles. The van der Waals surface area contributed by atoms with E-state index in [1.165, 1.54) is 7.05 Å². The van der Waals surface area contributed by atoms with Crippen molar-refractivity contribution in [3.05, 3.63) is 0 Å². The predicted octanol–water partition coefficient (Wildman–Crippen LogP) is 1.08. The van der Waals surface area contributed by atoms with Crippen LogP contribution < -0.4 is 0 Å². The smallest absolute Gasteiger partial charge is 0.328 e. The van der Waals surface area contributed by atoms with Crippen LogP contribution in [-0.2, 0) is 9.22 Å². The molecule has 15 heavy (non-hydrogen) atoms. The van der Waals surface area contributed by atoms with Gasteiger partial charge in [-0.05, 0) is 19.6 Å². The molecule has 0 aliphatic carbocycles. The first-order chi connectivity index (χ1) is 6.81. The Labute approximate surface area is 91.1 Å². The Kier molecular flexibility index (Phi) is 3.51. The van der Waals surface area contributed by atoms with Crippen LogP contribution in [0.15, 0.2) is 0 Å². The Bertz CT molecular complexity index is 275. The highest BCUT2D eigenvalue weighted by molar-refractivity contribution is 6.69. The summed E-state index contributed by atoms with van der Waals surface area (Å²) in [5, 5.41) is 0. The Morgan fingerprint density at radius 1 is 1.33 bits per heavy atom. The van der Waals surface area contributed by atoms with Crippen molar-refractivity contribution >= 4 is 20.3 Å². The van der Waals surface area contributed by atoms with Crippen LogP contribution in [0.3, 0.4) is 0 Å². The van der Waals surface area contributed by atoms with Crippen LogP contribution in [0, 0.1) is 0 Å². The molecule has 0 spiro atoms. The fraction of sp³-hybridized carbons (Fsp3) is 0.778. The van der Waals surface area contributed by atoms with Crippen LogP contribution in [0.5, 0.6) is 0 Å². The van der Waals surface area contributed by atoms with Gasteiger partial charge in [-0.1, -0.05) is 0 Å². The summed E-state index contributed by atoms with van der Waals surface area (Å²) in [6.07, 6.45) is 0.386. The van der Waals surface area contributed by atoms with Gasteiger partial charge in [-0.25, -0.2) is 4.79 Å². The van der Waals surface area contributed by atoms with E-state index in [-0.39, 0.29) is 11.9 Å². The topological polar surface area (TPSA) is 49.9 Å². The van der Waals surface area contributed by atoms with Gasteiger partial charge in [0.25, 0.3) is 0 Å². The van der Waals surface area contributed by atoms with Crippen LogP contribution in [-0.4, -0.2) is 50.4 Å². The van der Waals surface area contributed by atoms with Crippen molar-refractivity contribution in [2.75, 3.05) is 20.3 Å². The molecule has 1 aliphatic heterocycles. The third-order valence-electron chi connectivity index (χ3n) is 2.18. The van der Waals surface area contributed by atoms with Crippen molar-refractivity contribution in [3.8, 4) is 0 Å². The summed E-state index contributed by atoms with van der Waals surface area (Å²) in [4.78, 5) is 25.5. The first-order valence-corrected chi connectivity index (χ1v) is 8.41. The van der Waals surface area contributed by atoms with Crippen molar-refractivity contribution in [1.82, 2.24) is 9.80 Å². The van der Waals surface area contributed by atoms with E-state index < -0.39 is 8.32 Å². The Morgan fingerprint density at radius 2 is 1.93 bits per heavy atom. The van der Waals surface area contributed by atoms with E-state index in [1.54, 1.807) is 4.90 Å². The number of amides is 3. The van der Waals surface area contributed by atoms with E-state index in [0.717, 1.165) is 4.90 Å². The predicted molar refractivity (Wildman–Crippen MR) is 58.8 cm³/mol. The summed E-state index contributed by atoms with van der Waals surface area (Å²) in [6.45, 7) is 6.96. The van der Waals surface area contributed by atoms with Crippen molar-refractivity contribution < 1.29 is 14.0 Å². The molecule has 1 fully saturated rings. The number of carbonyl (C=O) groups is 2. The Balaban J connectivity index is 2.50. The molecule has 1 aliphatic rings. The van der Waals surface area contributed by atoms with Crippen LogP contribution in [0.4, 0.5) is 4.79 Å². The van der Waals surface area contributed by atoms with Crippen molar-refractivity contribution in [3.63, 3.8) is 0 Å². The minimum absolute atomic E-state index is 0.121. The maximum absolute atomic E-state index is 11.6. The Hall–Kier alpha value is -0.883. The highest BCUT2D eigenvalue weighted by Crippen LogP contribution is 2.10. The molecule has 0 aromatic rings. The molecule has 86 valence electrons. The molecule has 6 heteroatoms. The van der Waals surface area contributed by atoms with Crippen molar-refractivity contribution in [1.29, 1.82) is 0 Å². The lowest BCUT2D eigenvalue weighted by molar-refractivity contribution is -0.130. The molecule has 0 bridgehead atoms. The average Bonchev–Trinajstić information content (AvgIpc) is 2.12. The van der Waals surface area contributed by atoms with E-state index in [4.69, 9.17) is 4.43 Å². The zero-order valence-electron chi connectivity index (χ0n) is 9.74. The lowest BCUT2D eigenvalue weighted by atomic mass is 10.3. The largest absolute Gasteiger partial charge is 0.400 e. The Morgan fingerprint density at radius 3 is 2.47 bits per heavy atom. The lowest BCUT2D eigenvalue weighted by Crippen LogP contribution is -2.52. The summed E-state index contributed by atoms with van der Waals surface area (Å²) in [6, 6.07) is -0.260.